The van der Waals surface area contributed by atoms with E-state index >= 15 is 0 Å². The SMILES string of the molecule is O=C(O)CC(Nc1nc(-c2c[nH]c3ncc(F)cc23)ncc1F)C1(C(F)(F)F)CC1. The highest BCUT2D eigenvalue weighted by atomic mass is 19.4. The summed E-state index contributed by atoms with van der Waals surface area (Å²) >= 11 is 0. The molecule has 4 rings (SSSR count). The predicted octanol–water partition coefficient (Wildman–Crippen LogP) is 3.90. The molecule has 3 aromatic rings. The molecule has 0 bridgehead atoms. The average Bonchev–Trinajstić information content (AvgIpc) is 3.38. The Balaban J connectivity index is 1.72. The van der Waals surface area contributed by atoms with E-state index in [9.17, 15) is 26.7 Å². The molecule has 1 fully saturated rings. The number of nitrogens with one attached hydrogen (secondary N) is 2. The Morgan fingerprint density at radius 3 is 2.63 bits per heavy atom. The first-order chi connectivity index (χ1) is 14.1. The molecule has 1 aliphatic rings. The number of halogens is 5. The number of aromatic amines is 1. The number of nitrogens with zero attached hydrogens (tertiary/aromatic N) is 3. The molecule has 0 amide bonds. The number of H-pyrrole nitrogens is 1. The van der Waals surface area contributed by atoms with Gasteiger partial charge in [-0.05, 0) is 18.9 Å². The number of pyridine rings is 1. The van der Waals surface area contributed by atoms with Crippen LogP contribution in [0.2, 0.25) is 0 Å². The van der Waals surface area contributed by atoms with Gasteiger partial charge < -0.3 is 15.4 Å². The Labute approximate surface area is 165 Å². The van der Waals surface area contributed by atoms with Crippen molar-refractivity contribution in [3.05, 3.63) is 36.3 Å². The van der Waals surface area contributed by atoms with E-state index in [0.29, 0.717) is 11.0 Å². The van der Waals surface area contributed by atoms with Crippen molar-refractivity contribution in [1.82, 2.24) is 19.9 Å². The summed E-state index contributed by atoms with van der Waals surface area (Å²) in [5.41, 5.74) is -1.70. The number of carboxylic acids is 1. The average molecular weight is 427 g/mol. The number of rotatable bonds is 6. The van der Waals surface area contributed by atoms with E-state index in [1.54, 1.807) is 0 Å². The topological polar surface area (TPSA) is 104 Å². The van der Waals surface area contributed by atoms with Crippen molar-refractivity contribution in [3.8, 4) is 11.4 Å². The Morgan fingerprint density at radius 2 is 2.00 bits per heavy atom. The zero-order chi connectivity index (χ0) is 21.7. The highest BCUT2D eigenvalue weighted by molar-refractivity contribution is 5.91. The van der Waals surface area contributed by atoms with Crippen LogP contribution in [0.4, 0.5) is 27.8 Å². The van der Waals surface area contributed by atoms with Crippen LogP contribution in [-0.2, 0) is 4.79 Å². The third kappa shape index (κ3) is 3.42. The van der Waals surface area contributed by atoms with Gasteiger partial charge in [0.1, 0.15) is 11.5 Å². The fourth-order valence-electron chi connectivity index (χ4n) is 3.45. The van der Waals surface area contributed by atoms with Crippen LogP contribution in [0, 0.1) is 17.0 Å². The summed E-state index contributed by atoms with van der Waals surface area (Å²) in [6, 6.07) is -0.460. The number of hydrogen-bond acceptors (Lipinski definition) is 5. The number of anilines is 1. The standard InChI is InChI=1S/C18H14F5N5O2/c19-8-3-9-10(6-25-14(9)24-5-8)15-26-7-11(20)16(28-15)27-12(4-13(29)30)17(1-2-17)18(21,22)23/h3,5-7,12H,1-2,4H2,(H,24,25)(H,29,30)(H,26,27,28). The molecule has 0 saturated heterocycles. The van der Waals surface area contributed by atoms with E-state index in [0.717, 1.165) is 18.5 Å². The zero-order valence-electron chi connectivity index (χ0n) is 15.1. The number of fused-ring (bicyclic) bond motifs is 1. The van der Waals surface area contributed by atoms with Crippen molar-refractivity contribution in [3.63, 3.8) is 0 Å². The maximum atomic E-state index is 14.3. The Bertz CT molecular complexity index is 1130. The molecule has 3 N–H and O–H groups in total. The van der Waals surface area contributed by atoms with Gasteiger partial charge in [-0.15, -0.1) is 0 Å². The van der Waals surface area contributed by atoms with E-state index in [4.69, 9.17) is 5.11 Å². The van der Waals surface area contributed by atoms with Crippen molar-refractivity contribution in [2.45, 2.75) is 31.5 Å². The number of aromatic nitrogens is 4. The van der Waals surface area contributed by atoms with Gasteiger partial charge >= 0.3 is 12.1 Å². The van der Waals surface area contributed by atoms with E-state index in [1.807, 2.05) is 0 Å². The minimum atomic E-state index is -4.66. The summed E-state index contributed by atoms with van der Waals surface area (Å²) in [5.74, 6) is -3.80. The summed E-state index contributed by atoms with van der Waals surface area (Å²) < 4.78 is 68.4. The molecule has 1 unspecified atom stereocenters. The van der Waals surface area contributed by atoms with Crippen molar-refractivity contribution < 1.29 is 31.9 Å². The van der Waals surface area contributed by atoms with Crippen molar-refractivity contribution in [2.75, 3.05) is 5.32 Å². The first-order valence-corrected chi connectivity index (χ1v) is 8.81. The maximum absolute atomic E-state index is 14.3. The second kappa shape index (κ2) is 6.89. The van der Waals surface area contributed by atoms with Gasteiger partial charge in [-0.1, -0.05) is 0 Å². The summed E-state index contributed by atoms with van der Waals surface area (Å²) in [6.07, 6.45) is -2.93. The molecule has 1 aliphatic carbocycles. The highest BCUT2D eigenvalue weighted by Gasteiger charge is 2.67. The van der Waals surface area contributed by atoms with Gasteiger partial charge in [0.25, 0.3) is 0 Å². The molecule has 1 saturated carbocycles. The lowest BCUT2D eigenvalue weighted by Crippen LogP contribution is -2.42. The second-order valence-corrected chi connectivity index (χ2v) is 7.09. The maximum Gasteiger partial charge on any atom is 0.396 e. The first kappa shape index (κ1) is 20.0. The number of carboxylic acid groups (broad SMARTS) is 1. The van der Waals surface area contributed by atoms with Crippen LogP contribution < -0.4 is 5.32 Å². The molecule has 30 heavy (non-hydrogen) atoms. The Hall–Kier alpha value is -3.31. The molecule has 3 heterocycles. The monoisotopic (exact) mass is 427 g/mol. The molecule has 0 aromatic carbocycles. The van der Waals surface area contributed by atoms with Gasteiger partial charge in [-0.25, -0.2) is 23.7 Å². The van der Waals surface area contributed by atoms with Crippen LogP contribution >= 0.6 is 0 Å². The molecular weight excluding hydrogens is 413 g/mol. The summed E-state index contributed by atoms with van der Waals surface area (Å²) in [4.78, 5) is 25.5. The first-order valence-electron chi connectivity index (χ1n) is 8.81. The lowest BCUT2D eigenvalue weighted by molar-refractivity contribution is -0.192. The highest BCUT2D eigenvalue weighted by Crippen LogP contribution is 2.61. The van der Waals surface area contributed by atoms with E-state index < -0.39 is 47.5 Å². The van der Waals surface area contributed by atoms with Gasteiger partial charge in [-0.3, -0.25) is 4.79 Å². The van der Waals surface area contributed by atoms with Crippen LogP contribution in [0.3, 0.4) is 0 Å². The molecule has 0 spiro atoms. The van der Waals surface area contributed by atoms with E-state index in [2.05, 4.69) is 25.3 Å². The van der Waals surface area contributed by atoms with Crippen LogP contribution in [-0.4, -0.2) is 43.2 Å². The molecule has 12 heteroatoms. The summed E-state index contributed by atoms with van der Waals surface area (Å²) in [5, 5.41) is 11.7. The zero-order valence-corrected chi connectivity index (χ0v) is 15.1. The lowest BCUT2D eigenvalue weighted by Gasteiger charge is -2.29. The summed E-state index contributed by atoms with van der Waals surface area (Å²) in [7, 11) is 0. The fourth-order valence-corrected chi connectivity index (χ4v) is 3.45. The van der Waals surface area contributed by atoms with Gasteiger partial charge in [-0.2, -0.15) is 13.2 Å². The second-order valence-electron chi connectivity index (χ2n) is 7.09. The lowest BCUT2D eigenvalue weighted by atomic mass is 9.92. The van der Waals surface area contributed by atoms with Gasteiger partial charge in [0.2, 0.25) is 0 Å². The largest absolute Gasteiger partial charge is 0.481 e. The van der Waals surface area contributed by atoms with E-state index in [-0.39, 0.29) is 24.2 Å². The minimum Gasteiger partial charge on any atom is -0.481 e. The molecule has 1 atom stereocenters. The van der Waals surface area contributed by atoms with Gasteiger partial charge in [0.15, 0.2) is 17.5 Å². The van der Waals surface area contributed by atoms with E-state index in [1.165, 1.54) is 6.20 Å². The van der Waals surface area contributed by atoms with Crippen molar-refractivity contribution in [2.24, 2.45) is 5.41 Å². The molecule has 0 aliphatic heterocycles. The third-order valence-corrected chi connectivity index (χ3v) is 5.19. The minimum absolute atomic E-state index is 0.0940. The van der Waals surface area contributed by atoms with Crippen molar-refractivity contribution >= 4 is 22.8 Å². The Kier molecular flexibility index (Phi) is 4.59. The molecule has 0 radical (unpaired) electrons. The predicted molar refractivity (Wildman–Crippen MR) is 94.4 cm³/mol. The van der Waals surface area contributed by atoms with Crippen LogP contribution in [0.1, 0.15) is 19.3 Å². The molecule has 158 valence electrons. The van der Waals surface area contributed by atoms with Crippen LogP contribution in [0.15, 0.2) is 24.7 Å². The number of aliphatic carboxylic acids is 1. The molecule has 3 aromatic heterocycles. The quantitative estimate of drug-likeness (QED) is 0.516. The third-order valence-electron chi connectivity index (χ3n) is 5.19. The fraction of sp³-hybridized carbons (Fsp3) is 0.333. The van der Waals surface area contributed by atoms with Crippen LogP contribution in [0.25, 0.3) is 22.4 Å². The number of alkyl halides is 3. The normalized spacial score (nSPS) is 16.4. The van der Waals surface area contributed by atoms with Crippen LogP contribution in [0.5, 0.6) is 0 Å². The van der Waals surface area contributed by atoms with Gasteiger partial charge in [0, 0.05) is 17.1 Å². The Morgan fingerprint density at radius 1 is 1.27 bits per heavy atom. The van der Waals surface area contributed by atoms with Gasteiger partial charge in [0.05, 0.1) is 30.3 Å². The molecular formula is C18H14F5N5O2. The number of hydrogen-bond donors (Lipinski definition) is 3. The smallest absolute Gasteiger partial charge is 0.396 e. The summed E-state index contributed by atoms with van der Waals surface area (Å²) in [6.45, 7) is 0. The molecule has 7 nitrogen and oxygen atoms in total. The number of carbonyl (C=O) groups is 1. The van der Waals surface area contributed by atoms with Crippen molar-refractivity contribution in [1.29, 1.82) is 0 Å².